The lowest BCUT2D eigenvalue weighted by Crippen LogP contribution is -2.51. The van der Waals surface area contributed by atoms with Gasteiger partial charge in [0.1, 0.15) is 11.5 Å². The van der Waals surface area contributed by atoms with Gasteiger partial charge >= 0.3 is 7.12 Å². The highest BCUT2D eigenvalue weighted by atomic mass is 28.3. The van der Waals surface area contributed by atoms with E-state index in [1.165, 1.54) is 0 Å². The first-order valence-corrected chi connectivity index (χ1v) is 13.0. The van der Waals surface area contributed by atoms with Crippen LogP contribution in [0.25, 0.3) is 11.0 Å². The number of halogens is 1. The van der Waals surface area contributed by atoms with E-state index in [-0.39, 0.29) is 5.82 Å². The van der Waals surface area contributed by atoms with Crippen molar-refractivity contribution in [1.82, 2.24) is 9.22 Å². The van der Waals surface area contributed by atoms with Gasteiger partial charge in [-0.25, -0.2) is 9.37 Å². The number of hydrogen-bond acceptors (Lipinski definition) is 3. The average Bonchev–Trinajstić information content (AvgIpc) is 3.07. The summed E-state index contributed by atoms with van der Waals surface area (Å²) in [6.07, 6.45) is 3.66. The zero-order valence-electron chi connectivity index (χ0n) is 19.6. The van der Waals surface area contributed by atoms with Crippen LogP contribution in [-0.2, 0) is 9.31 Å². The van der Waals surface area contributed by atoms with Crippen LogP contribution in [0.2, 0.25) is 16.6 Å². The molecule has 1 saturated heterocycles. The van der Waals surface area contributed by atoms with Crippen molar-refractivity contribution in [3.8, 4) is 0 Å². The van der Waals surface area contributed by atoms with Crippen molar-refractivity contribution in [1.29, 1.82) is 0 Å². The number of aromatic nitrogens is 2. The van der Waals surface area contributed by atoms with Crippen molar-refractivity contribution in [2.24, 2.45) is 0 Å². The SMILES string of the molecule is CC(C)[Si](C(C)C)(C(C)C)n1ccc2c(F)c(B3OC(C)(C)C(C)(C)O3)cnc21. The molecule has 0 unspecified atom stereocenters. The summed E-state index contributed by atoms with van der Waals surface area (Å²) in [4.78, 5) is 4.75. The molecule has 160 valence electrons. The van der Waals surface area contributed by atoms with Gasteiger partial charge in [-0.05, 0) is 56.6 Å². The minimum Gasteiger partial charge on any atom is -0.399 e. The zero-order chi connectivity index (χ0) is 21.9. The third-order valence-electron chi connectivity index (χ3n) is 7.37. The molecule has 0 aliphatic carbocycles. The van der Waals surface area contributed by atoms with Crippen molar-refractivity contribution in [2.75, 3.05) is 0 Å². The molecule has 4 nitrogen and oxygen atoms in total. The molecule has 0 radical (unpaired) electrons. The van der Waals surface area contributed by atoms with E-state index in [1.807, 2.05) is 33.8 Å². The van der Waals surface area contributed by atoms with Crippen LogP contribution in [0, 0.1) is 5.82 Å². The highest BCUT2D eigenvalue weighted by Crippen LogP contribution is 2.44. The van der Waals surface area contributed by atoms with E-state index >= 15 is 4.39 Å². The van der Waals surface area contributed by atoms with Crippen molar-refractivity contribution < 1.29 is 13.7 Å². The summed E-state index contributed by atoms with van der Waals surface area (Å²) in [5.74, 6) is -0.286. The fourth-order valence-electron chi connectivity index (χ4n) is 5.35. The summed E-state index contributed by atoms with van der Waals surface area (Å²) in [5.41, 5.74) is 1.60. The molecule has 1 aliphatic heterocycles. The maximum Gasteiger partial charge on any atom is 0.499 e. The molecule has 0 bridgehead atoms. The Kier molecular flexibility index (Phi) is 5.59. The molecular formula is C22H36BFN2O2Si. The summed E-state index contributed by atoms with van der Waals surface area (Å²) < 4.78 is 30.1. The Morgan fingerprint density at radius 2 is 1.45 bits per heavy atom. The van der Waals surface area contributed by atoms with Gasteiger partial charge in [0.05, 0.1) is 16.6 Å². The molecule has 1 fully saturated rings. The maximum absolute atomic E-state index is 15.6. The molecule has 0 atom stereocenters. The number of fused-ring (bicyclic) bond motifs is 1. The number of rotatable bonds is 5. The summed E-state index contributed by atoms with van der Waals surface area (Å²) in [6, 6.07) is 1.88. The Morgan fingerprint density at radius 1 is 0.966 bits per heavy atom. The minimum atomic E-state index is -2.01. The smallest absolute Gasteiger partial charge is 0.399 e. The molecule has 2 aromatic heterocycles. The number of pyridine rings is 1. The van der Waals surface area contributed by atoms with Crippen molar-refractivity contribution in [3.63, 3.8) is 0 Å². The van der Waals surface area contributed by atoms with Crippen LogP contribution in [0.3, 0.4) is 0 Å². The molecule has 3 rings (SSSR count). The molecule has 7 heteroatoms. The lowest BCUT2D eigenvalue weighted by molar-refractivity contribution is 0.00578. The van der Waals surface area contributed by atoms with Crippen molar-refractivity contribution in [2.45, 2.75) is 97.1 Å². The quantitative estimate of drug-likeness (QED) is 0.602. The van der Waals surface area contributed by atoms with Gasteiger partial charge in [-0.2, -0.15) is 0 Å². The normalized spacial score (nSPS) is 19.3. The lowest BCUT2D eigenvalue weighted by atomic mass is 9.79. The highest BCUT2D eigenvalue weighted by molar-refractivity contribution is 6.82. The number of nitrogens with zero attached hydrogens (tertiary/aromatic N) is 2. The molecular weight excluding hydrogens is 382 g/mol. The zero-order valence-corrected chi connectivity index (χ0v) is 20.6. The van der Waals surface area contributed by atoms with Gasteiger partial charge in [0, 0.05) is 11.7 Å². The van der Waals surface area contributed by atoms with E-state index < -0.39 is 26.6 Å². The molecule has 0 aromatic carbocycles. The molecule has 0 spiro atoms. The third kappa shape index (κ3) is 3.20. The Balaban J connectivity index is 2.14. The van der Waals surface area contributed by atoms with Gasteiger partial charge in [-0.3, -0.25) is 0 Å². The predicted octanol–water partition coefficient (Wildman–Crippen LogP) is 5.50. The van der Waals surface area contributed by atoms with E-state index in [2.05, 4.69) is 52.0 Å². The fourth-order valence-corrected chi connectivity index (χ4v) is 11.9. The lowest BCUT2D eigenvalue weighted by Gasteiger charge is -2.44. The van der Waals surface area contributed by atoms with Crippen LogP contribution in [-0.4, -0.2) is 35.8 Å². The summed E-state index contributed by atoms with van der Waals surface area (Å²) >= 11 is 0. The van der Waals surface area contributed by atoms with Gasteiger partial charge < -0.3 is 13.5 Å². The van der Waals surface area contributed by atoms with E-state index in [1.54, 1.807) is 6.20 Å². The fraction of sp³-hybridized carbons (Fsp3) is 0.682. The number of hydrogen-bond donors (Lipinski definition) is 0. The van der Waals surface area contributed by atoms with Crippen LogP contribution in [0.5, 0.6) is 0 Å². The third-order valence-corrected chi connectivity index (χ3v) is 14.1. The molecule has 3 heterocycles. The monoisotopic (exact) mass is 418 g/mol. The van der Waals surface area contributed by atoms with Gasteiger partial charge in [0.25, 0.3) is 0 Å². The molecule has 29 heavy (non-hydrogen) atoms. The van der Waals surface area contributed by atoms with Crippen LogP contribution >= 0.6 is 0 Å². The van der Waals surface area contributed by atoms with Gasteiger partial charge in [0.2, 0.25) is 0 Å². The second-order valence-corrected chi connectivity index (χ2v) is 16.1. The first-order valence-electron chi connectivity index (χ1n) is 10.8. The summed E-state index contributed by atoms with van der Waals surface area (Å²) in [6.45, 7) is 21.7. The van der Waals surface area contributed by atoms with Gasteiger partial charge in [0.15, 0.2) is 8.24 Å². The summed E-state index contributed by atoms with van der Waals surface area (Å²) in [7, 11) is -2.76. The van der Waals surface area contributed by atoms with Crippen LogP contribution in [0.1, 0.15) is 69.2 Å². The van der Waals surface area contributed by atoms with Crippen molar-refractivity contribution in [3.05, 3.63) is 24.3 Å². The highest BCUT2D eigenvalue weighted by Gasteiger charge is 2.53. The van der Waals surface area contributed by atoms with E-state index in [0.29, 0.717) is 27.5 Å². The summed E-state index contributed by atoms with van der Waals surface area (Å²) in [5, 5.41) is 0.552. The Labute approximate surface area is 176 Å². The van der Waals surface area contributed by atoms with Crippen LogP contribution < -0.4 is 5.46 Å². The molecule has 1 aliphatic rings. The second kappa shape index (κ2) is 7.20. The molecule has 0 saturated carbocycles. The minimum absolute atomic E-state index is 0.286. The first-order chi connectivity index (χ1) is 13.3. The Morgan fingerprint density at radius 3 is 1.90 bits per heavy atom. The first kappa shape index (κ1) is 22.5. The predicted molar refractivity (Wildman–Crippen MR) is 122 cm³/mol. The standard InChI is InChI=1S/C22H36BFN2O2Si/c1-14(2)29(15(3)4,16(5)6)26-12-11-17-19(24)18(13-25-20(17)26)23-27-21(7,8)22(9,10)28-23/h11-16H,1-10H3. The molecule has 2 aromatic rings. The molecule has 0 N–H and O–H groups in total. The molecule has 0 amide bonds. The van der Waals surface area contributed by atoms with Crippen molar-refractivity contribution >= 4 is 31.9 Å². The largest absolute Gasteiger partial charge is 0.499 e. The van der Waals surface area contributed by atoms with E-state index in [9.17, 15) is 0 Å². The second-order valence-electron chi connectivity index (χ2n) is 10.4. The van der Waals surface area contributed by atoms with Crippen LogP contribution in [0.15, 0.2) is 18.5 Å². The van der Waals surface area contributed by atoms with E-state index in [0.717, 1.165) is 5.65 Å². The Bertz CT molecular complexity index is 870. The van der Waals surface area contributed by atoms with Gasteiger partial charge in [-0.1, -0.05) is 41.5 Å². The van der Waals surface area contributed by atoms with Crippen LogP contribution in [0.4, 0.5) is 4.39 Å². The average molecular weight is 418 g/mol. The topological polar surface area (TPSA) is 36.3 Å². The maximum atomic E-state index is 15.6. The Hall–Kier alpha value is -1.18. The van der Waals surface area contributed by atoms with E-state index in [4.69, 9.17) is 14.3 Å². The van der Waals surface area contributed by atoms with Gasteiger partial charge in [-0.15, -0.1) is 0 Å².